The van der Waals surface area contributed by atoms with Gasteiger partial charge in [-0.15, -0.1) is 11.3 Å². The number of amides is 2. The zero-order valence-corrected chi connectivity index (χ0v) is 15.1. The number of hydrogen-bond acceptors (Lipinski definition) is 4. The van der Waals surface area contributed by atoms with E-state index in [-0.39, 0.29) is 11.3 Å². The highest BCUT2D eigenvalue weighted by molar-refractivity contribution is 7.12. The first-order chi connectivity index (χ1) is 11.3. The highest BCUT2D eigenvalue weighted by Crippen LogP contribution is 2.24. The fourth-order valence-corrected chi connectivity index (χ4v) is 2.60. The minimum Gasteiger partial charge on any atom is -0.481 e. The Labute approximate surface area is 146 Å². The second-order valence-corrected chi connectivity index (χ2v) is 7.40. The van der Waals surface area contributed by atoms with Gasteiger partial charge in [0.15, 0.2) is 6.10 Å². The van der Waals surface area contributed by atoms with Gasteiger partial charge in [-0.05, 0) is 41.5 Å². The highest BCUT2D eigenvalue weighted by atomic mass is 32.1. The zero-order chi connectivity index (χ0) is 17.7. The summed E-state index contributed by atoms with van der Waals surface area (Å²) >= 11 is 1.30. The average Bonchev–Trinajstić information content (AvgIpc) is 3.06. The molecule has 0 spiro atoms. The molecule has 2 aromatic rings. The lowest BCUT2D eigenvalue weighted by atomic mass is 9.87. The van der Waals surface area contributed by atoms with Crippen LogP contribution in [0.1, 0.15) is 42.9 Å². The molecule has 1 heterocycles. The monoisotopic (exact) mass is 346 g/mol. The van der Waals surface area contributed by atoms with Crippen LogP contribution >= 0.6 is 11.3 Å². The third-order valence-electron chi connectivity index (χ3n) is 3.45. The molecule has 1 atom stereocenters. The molecule has 2 N–H and O–H groups in total. The van der Waals surface area contributed by atoms with Crippen molar-refractivity contribution in [2.75, 3.05) is 0 Å². The van der Waals surface area contributed by atoms with Crippen LogP contribution in [0, 0.1) is 0 Å². The minimum absolute atomic E-state index is 0.0631. The maximum absolute atomic E-state index is 12.0. The van der Waals surface area contributed by atoms with Crippen molar-refractivity contribution in [2.24, 2.45) is 0 Å². The summed E-state index contributed by atoms with van der Waals surface area (Å²) in [5, 5.41) is 1.80. The first kappa shape index (κ1) is 18.0. The molecule has 0 saturated heterocycles. The Kier molecular flexibility index (Phi) is 5.62. The van der Waals surface area contributed by atoms with Crippen molar-refractivity contribution < 1.29 is 14.3 Å². The number of benzene rings is 1. The lowest BCUT2D eigenvalue weighted by Crippen LogP contribution is -2.47. The number of carbonyl (C=O) groups is 2. The van der Waals surface area contributed by atoms with Gasteiger partial charge in [-0.25, -0.2) is 0 Å². The molecule has 24 heavy (non-hydrogen) atoms. The van der Waals surface area contributed by atoms with E-state index in [2.05, 4.69) is 31.6 Å². The van der Waals surface area contributed by atoms with E-state index in [1.54, 1.807) is 24.4 Å². The molecule has 6 heteroatoms. The van der Waals surface area contributed by atoms with Crippen molar-refractivity contribution in [3.8, 4) is 5.75 Å². The number of nitrogens with one attached hydrogen (secondary N) is 2. The van der Waals surface area contributed by atoms with Gasteiger partial charge in [0.05, 0.1) is 4.88 Å². The quantitative estimate of drug-likeness (QED) is 0.835. The lowest BCUT2D eigenvalue weighted by molar-refractivity contribution is -0.128. The molecule has 0 bridgehead atoms. The second kappa shape index (κ2) is 7.49. The Morgan fingerprint density at radius 2 is 1.75 bits per heavy atom. The summed E-state index contributed by atoms with van der Waals surface area (Å²) in [5.41, 5.74) is 6.00. The predicted octanol–water partition coefficient (Wildman–Crippen LogP) is 3.27. The maximum atomic E-state index is 12.0. The molecule has 5 nitrogen and oxygen atoms in total. The van der Waals surface area contributed by atoms with Crippen LogP contribution in [0.3, 0.4) is 0 Å². The molecule has 0 saturated carbocycles. The Morgan fingerprint density at radius 1 is 1.08 bits per heavy atom. The van der Waals surface area contributed by atoms with Gasteiger partial charge in [-0.3, -0.25) is 20.4 Å². The molecule has 0 aliphatic carbocycles. The third kappa shape index (κ3) is 4.83. The molecule has 1 aromatic carbocycles. The Balaban J connectivity index is 1.86. The van der Waals surface area contributed by atoms with Crippen LogP contribution in [-0.4, -0.2) is 17.9 Å². The van der Waals surface area contributed by atoms with Crippen LogP contribution in [0.15, 0.2) is 41.8 Å². The van der Waals surface area contributed by atoms with Crippen molar-refractivity contribution in [1.29, 1.82) is 0 Å². The summed E-state index contributed by atoms with van der Waals surface area (Å²) in [4.78, 5) is 24.3. The van der Waals surface area contributed by atoms with Crippen molar-refractivity contribution in [3.63, 3.8) is 0 Å². The smallest absolute Gasteiger partial charge is 0.279 e. The number of rotatable bonds is 4. The molecule has 1 aromatic heterocycles. The summed E-state index contributed by atoms with van der Waals surface area (Å²) < 4.78 is 5.61. The van der Waals surface area contributed by atoms with Gasteiger partial charge >= 0.3 is 0 Å². The average molecular weight is 346 g/mol. The Bertz CT molecular complexity index is 688. The zero-order valence-electron chi connectivity index (χ0n) is 14.3. The molecule has 2 rings (SSSR count). The molecule has 0 radical (unpaired) electrons. The van der Waals surface area contributed by atoms with E-state index in [0.29, 0.717) is 10.6 Å². The van der Waals surface area contributed by atoms with Gasteiger partial charge in [0, 0.05) is 0 Å². The number of hydrogen-bond donors (Lipinski definition) is 2. The molecular formula is C18H22N2O3S. The molecule has 0 aliphatic heterocycles. The van der Waals surface area contributed by atoms with Gasteiger partial charge in [-0.2, -0.15) is 0 Å². The number of hydrazine groups is 1. The molecule has 1 unspecified atom stereocenters. The van der Waals surface area contributed by atoms with Crippen molar-refractivity contribution in [3.05, 3.63) is 52.2 Å². The summed E-state index contributed by atoms with van der Waals surface area (Å²) in [7, 11) is 0. The topological polar surface area (TPSA) is 67.4 Å². The fraction of sp³-hybridized carbons (Fsp3) is 0.333. The SMILES string of the molecule is CC(Oc1ccc(C(C)(C)C)cc1)C(=O)NNC(=O)c1cccs1. The van der Waals surface area contributed by atoms with Gasteiger partial charge < -0.3 is 4.74 Å². The van der Waals surface area contributed by atoms with E-state index in [9.17, 15) is 9.59 Å². The number of carbonyl (C=O) groups excluding carboxylic acids is 2. The molecule has 0 fully saturated rings. The lowest BCUT2D eigenvalue weighted by Gasteiger charge is -2.20. The van der Waals surface area contributed by atoms with Crippen molar-refractivity contribution in [2.45, 2.75) is 39.2 Å². The van der Waals surface area contributed by atoms with Crippen LogP contribution in [0.4, 0.5) is 0 Å². The van der Waals surface area contributed by atoms with Gasteiger partial charge in [0.2, 0.25) is 0 Å². The Hall–Kier alpha value is -2.34. The number of thiophene rings is 1. The van der Waals surface area contributed by atoms with Gasteiger partial charge in [0.25, 0.3) is 11.8 Å². The summed E-state index contributed by atoms with van der Waals surface area (Å²) in [5.74, 6) is -0.157. The van der Waals surface area contributed by atoms with Crippen LogP contribution in [0.5, 0.6) is 5.75 Å². The Morgan fingerprint density at radius 3 is 2.29 bits per heavy atom. The third-order valence-corrected chi connectivity index (χ3v) is 4.32. The van der Waals surface area contributed by atoms with E-state index in [1.807, 2.05) is 24.3 Å². The summed E-state index contributed by atoms with van der Waals surface area (Å²) in [6, 6.07) is 11.1. The molecule has 2 amide bonds. The maximum Gasteiger partial charge on any atom is 0.279 e. The van der Waals surface area contributed by atoms with Crippen LogP contribution in [0.2, 0.25) is 0 Å². The van der Waals surface area contributed by atoms with Crippen molar-refractivity contribution in [1.82, 2.24) is 10.9 Å². The normalized spacial score (nSPS) is 12.3. The highest BCUT2D eigenvalue weighted by Gasteiger charge is 2.17. The number of ether oxygens (including phenoxy) is 1. The summed E-state index contributed by atoms with van der Waals surface area (Å²) in [6.45, 7) is 8.03. The van der Waals surface area contributed by atoms with E-state index in [4.69, 9.17) is 4.74 Å². The first-order valence-electron chi connectivity index (χ1n) is 7.68. The van der Waals surface area contributed by atoms with Gasteiger partial charge in [0.1, 0.15) is 5.75 Å². The molecular weight excluding hydrogens is 324 g/mol. The fourth-order valence-electron chi connectivity index (χ4n) is 1.98. The first-order valence-corrected chi connectivity index (χ1v) is 8.56. The van der Waals surface area contributed by atoms with Crippen LogP contribution < -0.4 is 15.6 Å². The summed E-state index contributed by atoms with van der Waals surface area (Å²) in [6.07, 6.45) is -0.728. The minimum atomic E-state index is -0.728. The predicted molar refractivity (Wildman–Crippen MR) is 95.2 cm³/mol. The largest absolute Gasteiger partial charge is 0.481 e. The van der Waals surface area contributed by atoms with E-state index in [0.717, 1.165) is 0 Å². The van der Waals surface area contributed by atoms with E-state index < -0.39 is 12.0 Å². The van der Waals surface area contributed by atoms with E-state index in [1.165, 1.54) is 16.9 Å². The van der Waals surface area contributed by atoms with Crippen LogP contribution in [0.25, 0.3) is 0 Å². The molecule has 0 aliphatic rings. The standard InChI is InChI=1S/C18H22N2O3S/c1-12(16(21)19-20-17(22)15-6-5-11-24-15)23-14-9-7-13(8-10-14)18(2,3)4/h5-12H,1-4H3,(H,19,21)(H,20,22). The van der Waals surface area contributed by atoms with E-state index >= 15 is 0 Å². The van der Waals surface area contributed by atoms with Crippen molar-refractivity contribution >= 4 is 23.2 Å². The second-order valence-electron chi connectivity index (χ2n) is 6.46. The van der Waals surface area contributed by atoms with Crippen LogP contribution in [-0.2, 0) is 10.2 Å². The van der Waals surface area contributed by atoms with Gasteiger partial charge in [-0.1, -0.05) is 39.0 Å². The molecule has 128 valence electrons.